The number of carbonyl (C=O) groups excluding carboxylic acids is 1. The maximum atomic E-state index is 11.7. The summed E-state index contributed by atoms with van der Waals surface area (Å²) in [5.41, 5.74) is 0.907. The molecule has 4 rings (SSSR count). The van der Waals surface area contributed by atoms with Crippen LogP contribution in [-0.4, -0.2) is 51.5 Å². The van der Waals surface area contributed by atoms with E-state index < -0.39 is 11.9 Å². The Kier molecular flexibility index (Phi) is 4.10. The van der Waals surface area contributed by atoms with Gasteiger partial charge in [-0.2, -0.15) is 5.10 Å². The number of fused-ring (bicyclic) bond motifs is 1. The van der Waals surface area contributed by atoms with Crippen molar-refractivity contribution in [1.29, 1.82) is 0 Å². The Morgan fingerprint density at radius 3 is 2.77 bits per heavy atom. The van der Waals surface area contributed by atoms with Gasteiger partial charge in [0.15, 0.2) is 5.69 Å². The van der Waals surface area contributed by atoms with E-state index >= 15 is 0 Å². The highest BCUT2D eigenvalue weighted by atomic mass is 16.5. The summed E-state index contributed by atoms with van der Waals surface area (Å²) in [6, 6.07) is 3.64. The number of pyridine rings is 1. The zero-order valence-corrected chi connectivity index (χ0v) is 14.5. The summed E-state index contributed by atoms with van der Waals surface area (Å²) >= 11 is 0. The quantitative estimate of drug-likeness (QED) is 0.786. The van der Waals surface area contributed by atoms with E-state index in [0.717, 1.165) is 24.9 Å². The zero-order chi connectivity index (χ0) is 18.3. The fraction of sp³-hybridized carbons (Fsp3) is 0.444. The van der Waals surface area contributed by atoms with Crippen molar-refractivity contribution in [2.24, 2.45) is 11.8 Å². The van der Waals surface area contributed by atoms with Crippen LogP contribution in [0.1, 0.15) is 39.8 Å². The van der Waals surface area contributed by atoms with Crippen molar-refractivity contribution >= 4 is 17.8 Å². The van der Waals surface area contributed by atoms with E-state index in [2.05, 4.69) is 15.0 Å². The van der Waals surface area contributed by atoms with Crippen LogP contribution in [0.3, 0.4) is 0 Å². The fourth-order valence-corrected chi connectivity index (χ4v) is 3.50. The standard InChI is InChI=1S/C18H20N4O4/c1-2-26-18(25)14-6-19-22(10-14)9-11-3-4-15(20-16(11)17(23)24)21-7-12-5-13(12)8-21/h3-4,6,10,12-13H,2,5,7-9H2,1H3,(H,23,24). The lowest BCUT2D eigenvalue weighted by atomic mass is 10.2. The second kappa shape index (κ2) is 6.44. The van der Waals surface area contributed by atoms with Crippen LogP contribution in [0.5, 0.6) is 0 Å². The molecule has 0 spiro atoms. The zero-order valence-electron chi connectivity index (χ0n) is 14.5. The Morgan fingerprint density at radius 2 is 2.08 bits per heavy atom. The lowest BCUT2D eigenvalue weighted by molar-refractivity contribution is 0.0525. The number of aromatic carboxylic acids is 1. The molecule has 136 valence electrons. The number of esters is 1. The van der Waals surface area contributed by atoms with Crippen LogP contribution in [0, 0.1) is 11.8 Å². The molecule has 2 aliphatic rings. The van der Waals surface area contributed by atoms with Gasteiger partial charge in [0.25, 0.3) is 0 Å². The van der Waals surface area contributed by atoms with Gasteiger partial charge in [-0.25, -0.2) is 14.6 Å². The van der Waals surface area contributed by atoms with Crippen molar-refractivity contribution in [2.45, 2.75) is 19.9 Å². The molecule has 2 fully saturated rings. The van der Waals surface area contributed by atoms with E-state index in [1.807, 2.05) is 6.07 Å². The van der Waals surface area contributed by atoms with Crippen LogP contribution >= 0.6 is 0 Å². The van der Waals surface area contributed by atoms with Gasteiger partial charge < -0.3 is 14.7 Å². The number of aromatic nitrogens is 3. The predicted octanol–water partition coefficient (Wildman–Crippen LogP) is 1.66. The van der Waals surface area contributed by atoms with Crippen LogP contribution in [0.2, 0.25) is 0 Å². The lowest BCUT2D eigenvalue weighted by Crippen LogP contribution is -2.24. The first kappa shape index (κ1) is 16.6. The molecule has 8 nitrogen and oxygen atoms in total. The maximum Gasteiger partial charge on any atom is 0.354 e. The molecule has 2 aromatic rings. The summed E-state index contributed by atoms with van der Waals surface area (Å²) in [6.45, 7) is 4.16. The summed E-state index contributed by atoms with van der Waals surface area (Å²) < 4.78 is 6.45. The van der Waals surface area contributed by atoms with E-state index in [9.17, 15) is 14.7 Å². The summed E-state index contributed by atoms with van der Waals surface area (Å²) in [4.78, 5) is 29.9. The first-order valence-electron chi connectivity index (χ1n) is 8.73. The fourth-order valence-electron chi connectivity index (χ4n) is 3.50. The van der Waals surface area contributed by atoms with Crippen LogP contribution in [0.4, 0.5) is 5.82 Å². The molecule has 26 heavy (non-hydrogen) atoms. The number of carboxylic acids is 1. The topological polar surface area (TPSA) is 97.5 Å². The van der Waals surface area contributed by atoms with E-state index in [4.69, 9.17) is 4.74 Å². The van der Waals surface area contributed by atoms with Crippen molar-refractivity contribution in [3.8, 4) is 0 Å². The number of carboxylic acid groups (broad SMARTS) is 1. The molecule has 1 saturated carbocycles. The van der Waals surface area contributed by atoms with Crippen molar-refractivity contribution in [3.05, 3.63) is 41.3 Å². The molecule has 0 bridgehead atoms. The Bertz CT molecular complexity index is 853. The van der Waals surface area contributed by atoms with Gasteiger partial charge >= 0.3 is 11.9 Å². The summed E-state index contributed by atoms with van der Waals surface area (Å²) in [5, 5.41) is 13.7. The van der Waals surface area contributed by atoms with Crippen LogP contribution < -0.4 is 4.90 Å². The average molecular weight is 356 g/mol. The molecule has 0 amide bonds. The minimum Gasteiger partial charge on any atom is -0.476 e. The van der Waals surface area contributed by atoms with E-state index in [1.54, 1.807) is 19.2 Å². The smallest absolute Gasteiger partial charge is 0.354 e. The van der Waals surface area contributed by atoms with Crippen LogP contribution in [-0.2, 0) is 11.3 Å². The van der Waals surface area contributed by atoms with Crippen LogP contribution in [0.15, 0.2) is 24.5 Å². The van der Waals surface area contributed by atoms with Crippen molar-refractivity contribution < 1.29 is 19.4 Å². The normalized spacial score (nSPS) is 20.7. The third-order valence-corrected chi connectivity index (χ3v) is 4.95. The molecule has 1 aliphatic heterocycles. The number of nitrogens with zero attached hydrogens (tertiary/aromatic N) is 4. The van der Waals surface area contributed by atoms with E-state index in [0.29, 0.717) is 16.9 Å². The Hall–Kier alpha value is -2.90. The first-order valence-corrected chi connectivity index (χ1v) is 8.73. The lowest BCUT2D eigenvalue weighted by Gasteiger charge is -2.20. The van der Waals surface area contributed by atoms with Gasteiger partial charge in [-0.1, -0.05) is 6.07 Å². The number of ether oxygens (including phenoxy) is 1. The largest absolute Gasteiger partial charge is 0.476 e. The van der Waals surface area contributed by atoms with Gasteiger partial charge in [0.1, 0.15) is 5.82 Å². The second-order valence-corrected chi connectivity index (χ2v) is 6.79. The molecule has 2 atom stereocenters. The number of hydrogen-bond donors (Lipinski definition) is 1. The highest BCUT2D eigenvalue weighted by molar-refractivity contribution is 5.89. The Balaban J connectivity index is 1.54. The number of carbonyl (C=O) groups is 2. The number of hydrogen-bond acceptors (Lipinski definition) is 6. The molecule has 1 N–H and O–H groups in total. The molecule has 0 radical (unpaired) electrons. The number of rotatable bonds is 6. The third kappa shape index (κ3) is 3.14. The average Bonchev–Trinajstić information content (AvgIpc) is 3.02. The highest BCUT2D eigenvalue weighted by Crippen LogP contribution is 2.45. The first-order chi connectivity index (χ1) is 12.5. The molecule has 0 aromatic carbocycles. The van der Waals surface area contributed by atoms with Crippen molar-refractivity contribution in [1.82, 2.24) is 14.8 Å². The van der Waals surface area contributed by atoms with Gasteiger partial charge in [-0.15, -0.1) is 0 Å². The molecule has 2 aromatic heterocycles. The Labute approximate surface area is 150 Å². The summed E-state index contributed by atoms with van der Waals surface area (Å²) in [7, 11) is 0. The van der Waals surface area contributed by atoms with Crippen molar-refractivity contribution in [2.75, 3.05) is 24.6 Å². The SMILES string of the molecule is CCOC(=O)c1cnn(Cc2ccc(N3CC4CC4C3)nc2C(=O)O)c1. The molecule has 1 aliphatic carbocycles. The van der Waals surface area contributed by atoms with Gasteiger partial charge in [-0.05, 0) is 31.2 Å². The monoisotopic (exact) mass is 356 g/mol. The molecular weight excluding hydrogens is 336 g/mol. The van der Waals surface area contributed by atoms with Gasteiger partial charge in [0.2, 0.25) is 0 Å². The molecule has 2 unspecified atom stereocenters. The van der Waals surface area contributed by atoms with E-state index in [-0.39, 0.29) is 18.8 Å². The number of piperidine rings is 1. The number of anilines is 1. The van der Waals surface area contributed by atoms with E-state index in [1.165, 1.54) is 17.3 Å². The molecule has 1 saturated heterocycles. The second-order valence-electron chi connectivity index (χ2n) is 6.79. The molecular formula is C18H20N4O4. The minimum absolute atomic E-state index is 0.0243. The third-order valence-electron chi connectivity index (χ3n) is 4.95. The summed E-state index contributed by atoms with van der Waals surface area (Å²) in [5.74, 6) is 0.693. The highest BCUT2D eigenvalue weighted by Gasteiger charge is 2.45. The predicted molar refractivity (Wildman–Crippen MR) is 92.3 cm³/mol. The minimum atomic E-state index is -1.07. The summed E-state index contributed by atoms with van der Waals surface area (Å²) in [6.07, 6.45) is 4.24. The maximum absolute atomic E-state index is 11.7. The van der Waals surface area contributed by atoms with Gasteiger partial charge in [0.05, 0.1) is 24.9 Å². The van der Waals surface area contributed by atoms with Crippen molar-refractivity contribution in [3.63, 3.8) is 0 Å². The van der Waals surface area contributed by atoms with Gasteiger partial charge in [0, 0.05) is 24.8 Å². The molecule has 3 heterocycles. The Morgan fingerprint density at radius 1 is 1.31 bits per heavy atom. The van der Waals surface area contributed by atoms with Gasteiger partial charge in [-0.3, -0.25) is 4.68 Å². The molecule has 8 heteroatoms. The van der Waals surface area contributed by atoms with Crippen LogP contribution in [0.25, 0.3) is 0 Å².